The van der Waals surface area contributed by atoms with Crippen molar-refractivity contribution >= 4 is 28.9 Å². The van der Waals surface area contributed by atoms with Gasteiger partial charge in [-0.25, -0.2) is 0 Å². The highest BCUT2D eigenvalue weighted by Gasteiger charge is 2.32. The summed E-state index contributed by atoms with van der Waals surface area (Å²) in [6.07, 6.45) is -1.29. The molecule has 9 heteroatoms. The molecule has 2 N–H and O–H groups in total. The number of rotatable bonds is 6. The highest BCUT2D eigenvalue weighted by molar-refractivity contribution is 5.96. The number of benzene rings is 2. The van der Waals surface area contributed by atoms with Gasteiger partial charge in [0, 0.05) is 24.7 Å². The van der Waals surface area contributed by atoms with Gasteiger partial charge < -0.3 is 15.5 Å². The van der Waals surface area contributed by atoms with Gasteiger partial charge in [-0.1, -0.05) is 18.2 Å². The molecule has 0 bridgehead atoms. The summed E-state index contributed by atoms with van der Waals surface area (Å²) in [4.78, 5) is 29.2. The standard InChI is InChI=1S/C25H29F3N4O2/c26-25(27,28)19-8-9-22(32-12-4-5-13-32)21(16-19)30-23(33)17-31-14-10-18(11-15-31)24(34)29-20-6-2-1-3-7-20/h1-3,6-9,16,18H,4-5,10-15,17H2,(H,29,34)(H,30,33). The van der Waals surface area contributed by atoms with Crippen molar-refractivity contribution in [3.05, 3.63) is 54.1 Å². The summed E-state index contributed by atoms with van der Waals surface area (Å²) in [7, 11) is 0. The Balaban J connectivity index is 1.33. The van der Waals surface area contributed by atoms with E-state index in [1.54, 1.807) is 0 Å². The van der Waals surface area contributed by atoms with Crippen molar-refractivity contribution in [1.29, 1.82) is 0 Å². The molecular weight excluding hydrogens is 445 g/mol. The molecule has 2 amide bonds. The van der Waals surface area contributed by atoms with E-state index >= 15 is 0 Å². The molecule has 2 aliphatic rings. The van der Waals surface area contributed by atoms with Gasteiger partial charge in [-0.15, -0.1) is 0 Å². The molecule has 0 aromatic heterocycles. The SMILES string of the molecule is O=C(CN1CCC(C(=O)Nc2ccccc2)CC1)Nc1cc(C(F)(F)F)ccc1N1CCCC1. The Morgan fingerprint density at radius 2 is 1.59 bits per heavy atom. The van der Waals surface area contributed by atoms with Crippen LogP contribution in [0.25, 0.3) is 0 Å². The minimum Gasteiger partial charge on any atom is -0.370 e. The molecule has 0 spiro atoms. The number of hydrogen-bond donors (Lipinski definition) is 2. The van der Waals surface area contributed by atoms with Crippen molar-refractivity contribution < 1.29 is 22.8 Å². The zero-order valence-electron chi connectivity index (χ0n) is 18.9. The number of hydrogen-bond acceptors (Lipinski definition) is 4. The Bertz CT molecular complexity index is 999. The Morgan fingerprint density at radius 3 is 2.24 bits per heavy atom. The fourth-order valence-electron chi connectivity index (χ4n) is 4.56. The van der Waals surface area contributed by atoms with Gasteiger partial charge in [0.1, 0.15) is 0 Å². The first kappa shape index (κ1) is 24.1. The van der Waals surface area contributed by atoms with Gasteiger partial charge in [-0.05, 0) is 69.1 Å². The molecule has 2 aliphatic heterocycles. The molecule has 2 aromatic rings. The maximum Gasteiger partial charge on any atom is 0.416 e. The molecule has 0 radical (unpaired) electrons. The number of likely N-dealkylation sites (tertiary alicyclic amines) is 1. The van der Waals surface area contributed by atoms with E-state index in [0.717, 1.165) is 43.8 Å². The molecule has 2 heterocycles. The van der Waals surface area contributed by atoms with Crippen molar-refractivity contribution in [2.24, 2.45) is 5.92 Å². The summed E-state index contributed by atoms with van der Waals surface area (Å²) in [5.41, 5.74) is 0.786. The van der Waals surface area contributed by atoms with Crippen LogP contribution in [0.5, 0.6) is 0 Å². The van der Waals surface area contributed by atoms with E-state index in [2.05, 4.69) is 10.6 Å². The summed E-state index contributed by atoms with van der Waals surface area (Å²) in [5.74, 6) is -0.522. The van der Waals surface area contributed by atoms with Crippen LogP contribution >= 0.6 is 0 Å². The second kappa shape index (κ2) is 10.5. The maximum absolute atomic E-state index is 13.3. The lowest BCUT2D eigenvalue weighted by molar-refractivity contribution is -0.137. The van der Waals surface area contributed by atoms with E-state index in [9.17, 15) is 22.8 Å². The van der Waals surface area contributed by atoms with Crippen LogP contribution in [0, 0.1) is 5.92 Å². The molecular formula is C25H29F3N4O2. The van der Waals surface area contributed by atoms with E-state index in [4.69, 9.17) is 0 Å². The van der Waals surface area contributed by atoms with E-state index in [-0.39, 0.29) is 30.0 Å². The maximum atomic E-state index is 13.3. The van der Waals surface area contributed by atoms with Crippen LogP contribution in [0.1, 0.15) is 31.2 Å². The van der Waals surface area contributed by atoms with Gasteiger partial charge in [0.05, 0.1) is 23.5 Å². The first-order chi connectivity index (χ1) is 16.3. The average molecular weight is 475 g/mol. The third kappa shape index (κ3) is 6.08. The molecule has 34 heavy (non-hydrogen) atoms. The highest BCUT2D eigenvalue weighted by atomic mass is 19.4. The number of alkyl halides is 3. The molecule has 2 fully saturated rings. The van der Waals surface area contributed by atoms with Crippen LogP contribution in [-0.2, 0) is 15.8 Å². The Kier molecular flexibility index (Phi) is 7.41. The normalized spacial score (nSPS) is 17.6. The topological polar surface area (TPSA) is 64.7 Å². The molecule has 2 saturated heterocycles. The molecule has 6 nitrogen and oxygen atoms in total. The summed E-state index contributed by atoms with van der Waals surface area (Å²) < 4.78 is 39.8. The smallest absolute Gasteiger partial charge is 0.370 e. The summed E-state index contributed by atoms with van der Waals surface area (Å²) in [6, 6.07) is 12.8. The van der Waals surface area contributed by atoms with Gasteiger partial charge in [-0.3, -0.25) is 14.5 Å². The first-order valence-electron chi connectivity index (χ1n) is 11.6. The number of piperidine rings is 1. The van der Waals surface area contributed by atoms with Gasteiger partial charge in [0.25, 0.3) is 0 Å². The van der Waals surface area contributed by atoms with Gasteiger partial charge in [-0.2, -0.15) is 13.2 Å². The van der Waals surface area contributed by atoms with Crippen LogP contribution in [0.3, 0.4) is 0 Å². The highest BCUT2D eigenvalue weighted by Crippen LogP contribution is 2.36. The number of carbonyl (C=O) groups excluding carboxylic acids is 2. The minimum atomic E-state index is -4.48. The summed E-state index contributed by atoms with van der Waals surface area (Å²) >= 11 is 0. The molecule has 4 rings (SSSR count). The summed E-state index contributed by atoms with van der Waals surface area (Å²) in [5, 5.41) is 5.63. The lowest BCUT2D eigenvalue weighted by atomic mass is 9.96. The summed E-state index contributed by atoms with van der Waals surface area (Å²) in [6.45, 7) is 2.73. The Labute approximate surface area is 197 Å². The van der Waals surface area contributed by atoms with Gasteiger partial charge in [0.15, 0.2) is 0 Å². The predicted octanol–water partition coefficient (Wildman–Crippen LogP) is 4.59. The fraction of sp³-hybridized carbons (Fsp3) is 0.440. The number of amides is 2. The number of nitrogens with one attached hydrogen (secondary N) is 2. The van der Waals surface area contributed by atoms with Crippen molar-refractivity contribution in [2.75, 3.05) is 48.3 Å². The first-order valence-corrected chi connectivity index (χ1v) is 11.6. The average Bonchev–Trinajstić information content (AvgIpc) is 3.34. The van der Waals surface area contributed by atoms with E-state index in [1.165, 1.54) is 6.07 Å². The Hall–Kier alpha value is -3.07. The lowest BCUT2D eigenvalue weighted by Gasteiger charge is -2.31. The number of para-hydroxylation sites is 1. The van der Waals surface area contributed by atoms with Crippen molar-refractivity contribution in [3.63, 3.8) is 0 Å². The van der Waals surface area contributed by atoms with E-state index in [1.807, 2.05) is 40.1 Å². The van der Waals surface area contributed by atoms with E-state index in [0.29, 0.717) is 31.6 Å². The Morgan fingerprint density at radius 1 is 0.912 bits per heavy atom. The number of anilines is 3. The zero-order valence-corrected chi connectivity index (χ0v) is 18.9. The van der Waals surface area contributed by atoms with Gasteiger partial charge >= 0.3 is 6.18 Å². The molecule has 182 valence electrons. The quantitative estimate of drug-likeness (QED) is 0.643. The number of halogens is 3. The van der Waals surface area contributed by atoms with Crippen molar-refractivity contribution in [3.8, 4) is 0 Å². The predicted molar refractivity (Wildman–Crippen MR) is 126 cm³/mol. The van der Waals surface area contributed by atoms with Crippen LogP contribution in [0.15, 0.2) is 48.5 Å². The fourth-order valence-corrected chi connectivity index (χ4v) is 4.56. The minimum absolute atomic E-state index is 0.0328. The van der Waals surface area contributed by atoms with Crippen LogP contribution < -0.4 is 15.5 Å². The zero-order chi connectivity index (χ0) is 24.1. The number of nitrogens with zero attached hydrogens (tertiary/aromatic N) is 2. The second-order valence-electron chi connectivity index (χ2n) is 8.88. The van der Waals surface area contributed by atoms with Crippen LogP contribution in [0.4, 0.5) is 30.2 Å². The number of carbonyl (C=O) groups is 2. The second-order valence-corrected chi connectivity index (χ2v) is 8.88. The molecule has 0 atom stereocenters. The van der Waals surface area contributed by atoms with E-state index < -0.39 is 11.7 Å². The molecule has 2 aromatic carbocycles. The molecule has 0 unspecified atom stereocenters. The molecule has 0 saturated carbocycles. The van der Waals surface area contributed by atoms with Crippen LogP contribution in [-0.4, -0.2) is 49.4 Å². The van der Waals surface area contributed by atoms with Crippen molar-refractivity contribution in [1.82, 2.24) is 4.90 Å². The van der Waals surface area contributed by atoms with Crippen molar-refractivity contribution in [2.45, 2.75) is 31.9 Å². The monoisotopic (exact) mass is 474 g/mol. The largest absolute Gasteiger partial charge is 0.416 e. The van der Waals surface area contributed by atoms with Crippen LogP contribution in [0.2, 0.25) is 0 Å². The lowest BCUT2D eigenvalue weighted by Crippen LogP contribution is -2.41. The molecule has 0 aliphatic carbocycles. The van der Waals surface area contributed by atoms with Gasteiger partial charge in [0.2, 0.25) is 11.8 Å². The third-order valence-corrected chi connectivity index (χ3v) is 6.41. The third-order valence-electron chi connectivity index (χ3n) is 6.41.